The Labute approximate surface area is 161 Å². The van der Waals surface area contributed by atoms with Gasteiger partial charge in [-0.05, 0) is 32.6 Å². The topological polar surface area (TPSA) is 87.3 Å². The van der Waals surface area contributed by atoms with Crippen LogP contribution in [-0.2, 0) is 9.59 Å². The molecule has 0 aliphatic carbocycles. The lowest BCUT2D eigenvalue weighted by atomic mass is 10.0. The van der Waals surface area contributed by atoms with Gasteiger partial charge in [-0.1, -0.05) is 19.3 Å². The Hall–Kier alpha value is -1.24. The molecule has 0 radical (unpaired) electrons. The van der Waals surface area contributed by atoms with E-state index in [9.17, 15) is 14.4 Å². The van der Waals surface area contributed by atoms with Crippen LogP contribution in [-0.4, -0.2) is 47.4 Å². The van der Waals surface area contributed by atoms with Crippen molar-refractivity contribution >= 4 is 29.5 Å². The zero-order chi connectivity index (χ0) is 18.8. The maximum atomic E-state index is 12.0. The van der Waals surface area contributed by atoms with Gasteiger partial charge in [0.15, 0.2) is 0 Å². The molecule has 2 fully saturated rings. The van der Waals surface area contributed by atoms with Gasteiger partial charge in [-0.3, -0.25) is 9.59 Å². The molecule has 0 aromatic rings. The molecule has 2 heterocycles. The number of Topliss-reactive ketones (excluding diaryl/α,β-unsaturated/α-hetero) is 1. The molecule has 2 aliphatic rings. The molecule has 0 aromatic heterocycles. The lowest BCUT2D eigenvalue weighted by Crippen LogP contribution is -2.36. The summed E-state index contributed by atoms with van der Waals surface area (Å²) < 4.78 is 0. The van der Waals surface area contributed by atoms with E-state index in [1.807, 2.05) is 18.7 Å². The van der Waals surface area contributed by atoms with Crippen molar-refractivity contribution in [1.82, 2.24) is 16.0 Å². The number of nitrogens with one attached hydrogen (secondary N) is 3. The van der Waals surface area contributed by atoms with Gasteiger partial charge in [0.2, 0.25) is 5.91 Å². The Morgan fingerprint density at radius 3 is 2.46 bits per heavy atom. The molecular formula is C19H33N3O3S. The fraction of sp³-hybridized carbons (Fsp3) is 0.842. The van der Waals surface area contributed by atoms with Gasteiger partial charge in [0.25, 0.3) is 0 Å². The molecule has 2 rings (SSSR count). The average molecular weight is 384 g/mol. The third-order valence-electron chi connectivity index (χ3n) is 5.12. The highest BCUT2D eigenvalue weighted by molar-refractivity contribution is 8.00. The highest BCUT2D eigenvalue weighted by Gasteiger charge is 2.42. The van der Waals surface area contributed by atoms with E-state index in [2.05, 4.69) is 16.0 Å². The average Bonchev–Trinajstić information content (AvgIpc) is 3.14. The maximum absolute atomic E-state index is 12.0. The molecular weight excluding hydrogens is 350 g/mol. The van der Waals surface area contributed by atoms with Crippen LogP contribution < -0.4 is 16.0 Å². The minimum Gasteiger partial charge on any atom is -0.356 e. The Bertz CT molecular complexity index is 487. The summed E-state index contributed by atoms with van der Waals surface area (Å²) in [6, 6.07) is 0.515. The number of fused-ring (bicyclic) bond motifs is 1. The first-order valence-corrected chi connectivity index (χ1v) is 11.1. The number of hydrogen-bond acceptors (Lipinski definition) is 4. The van der Waals surface area contributed by atoms with Crippen LogP contribution in [0.4, 0.5) is 4.79 Å². The van der Waals surface area contributed by atoms with Crippen molar-refractivity contribution in [2.45, 2.75) is 88.5 Å². The summed E-state index contributed by atoms with van der Waals surface area (Å²) in [6.45, 7) is 2.62. The monoisotopic (exact) mass is 383 g/mol. The normalized spacial score (nSPS) is 24.0. The Balaban J connectivity index is 1.42. The molecule has 0 spiro atoms. The fourth-order valence-corrected chi connectivity index (χ4v) is 5.23. The molecule has 2 saturated heterocycles. The number of ketones is 1. The van der Waals surface area contributed by atoms with E-state index in [1.54, 1.807) is 0 Å². The zero-order valence-corrected chi connectivity index (χ0v) is 16.7. The number of urea groups is 1. The van der Waals surface area contributed by atoms with Crippen LogP contribution in [0.5, 0.6) is 0 Å². The second-order valence-electron chi connectivity index (χ2n) is 7.27. The lowest BCUT2D eigenvalue weighted by Gasteiger charge is -2.16. The van der Waals surface area contributed by atoms with Crippen LogP contribution in [0.2, 0.25) is 0 Å². The molecule has 26 heavy (non-hydrogen) atoms. The highest BCUT2D eigenvalue weighted by Crippen LogP contribution is 2.33. The second kappa shape index (κ2) is 11.5. The van der Waals surface area contributed by atoms with Crippen molar-refractivity contribution < 1.29 is 14.4 Å². The third kappa shape index (κ3) is 7.17. The summed E-state index contributed by atoms with van der Waals surface area (Å²) >= 11 is 1.93. The van der Waals surface area contributed by atoms with Crippen LogP contribution in [0.3, 0.4) is 0 Å². The predicted octanol–water partition coefficient (Wildman–Crippen LogP) is 2.76. The van der Waals surface area contributed by atoms with Crippen LogP contribution in [0, 0.1) is 0 Å². The van der Waals surface area contributed by atoms with E-state index in [0.29, 0.717) is 36.8 Å². The number of carbonyl (C=O) groups is 3. The number of hydrogen-bond donors (Lipinski definition) is 3. The van der Waals surface area contributed by atoms with Gasteiger partial charge in [-0.2, -0.15) is 11.8 Å². The molecule has 3 atom stereocenters. The Kier molecular flexibility index (Phi) is 9.29. The fourth-order valence-electron chi connectivity index (χ4n) is 3.68. The van der Waals surface area contributed by atoms with Gasteiger partial charge in [0.1, 0.15) is 5.78 Å². The molecule has 2 aliphatic heterocycles. The number of unbranched alkanes of at least 4 members (excludes halogenated alkanes) is 4. The van der Waals surface area contributed by atoms with E-state index in [4.69, 9.17) is 0 Å². The third-order valence-corrected chi connectivity index (χ3v) is 6.62. The quantitative estimate of drug-likeness (QED) is 0.337. The van der Waals surface area contributed by atoms with Gasteiger partial charge >= 0.3 is 6.03 Å². The van der Waals surface area contributed by atoms with Gasteiger partial charge in [0.05, 0.1) is 12.1 Å². The van der Waals surface area contributed by atoms with Gasteiger partial charge in [-0.25, -0.2) is 4.79 Å². The molecule has 3 amide bonds. The van der Waals surface area contributed by atoms with Crippen LogP contribution in [0.25, 0.3) is 0 Å². The molecule has 3 N–H and O–H groups in total. The summed E-state index contributed by atoms with van der Waals surface area (Å²) in [4.78, 5) is 34.6. The molecule has 148 valence electrons. The number of amides is 3. The molecule has 0 aromatic carbocycles. The second-order valence-corrected chi connectivity index (χ2v) is 8.55. The summed E-state index contributed by atoms with van der Waals surface area (Å²) in [6.07, 6.45) is 8.91. The first-order valence-electron chi connectivity index (χ1n) is 10.1. The van der Waals surface area contributed by atoms with Crippen molar-refractivity contribution in [2.75, 3.05) is 12.3 Å². The molecule has 0 saturated carbocycles. The predicted molar refractivity (Wildman–Crippen MR) is 105 cm³/mol. The standard InChI is InChI=1S/C19H33N3O3S/c1-2-20-17(24)12-6-4-3-5-9-14(23)10-7-8-11-16-18-15(13-26-16)21-19(25)22-18/h15-16,18H,2-13H2,1H3,(H,20,24)(H2,21,22,25)/t15-,16-,18-/m0/s1. The molecule has 7 heteroatoms. The van der Waals surface area contributed by atoms with E-state index < -0.39 is 0 Å². The van der Waals surface area contributed by atoms with Gasteiger partial charge in [0, 0.05) is 36.8 Å². The van der Waals surface area contributed by atoms with Crippen molar-refractivity contribution in [2.24, 2.45) is 0 Å². The largest absolute Gasteiger partial charge is 0.356 e. The summed E-state index contributed by atoms with van der Waals surface area (Å²) in [7, 11) is 0. The van der Waals surface area contributed by atoms with E-state index >= 15 is 0 Å². The molecule has 0 unspecified atom stereocenters. The number of thioether (sulfide) groups is 1. The summed E-state index contributed by atoms with van der Waals surface area (Å²) in [5.74, 6) is 1.48. The first-order chi connectivity index (χ1) is 12.6. The first kappa shape index (κ1) is 21.1. The SMILES string of the molecule is CCNC(=O)CCCCCCC(=O)CCCC[C@@H]1SC[C@@H]2NC(=O)N[C@@H]21. The molecule has 6 nitrogen and oxygen atoms in total. The van der Waals surface area contributed by atoms with Crippen LogP contribution in [0.1, 0.15) is 71.1 Å². The van der Waals surface area contributed by atoms with Crippen molar-refractivity contribution in [3.8, 4) is 0 Å². The maximum Gasteiger partial charge on any atom is 0.315 e. The van der Waals surface area contributed by atoms with E-state index in [1.165, 1.54) is 0 Å². The molecule has 0 bridgehead atoms. The van der Waals surface area contributed by atoms with Crippen molar-refractivity contribution in [1.29, 1.82) is 0 Å². The van der Waals surface area contributed by atoms with Crippen molar-refractivity contribution in [3.05, 3.63) is 0 Å². The lowest BCUT2D eigenvalue weighted by molar-refractivity contribution is -0.121. The Morgan fingerprint density at radius 1 is 1.04 bits per heavy atom. The van der Waals surface area contributed by atoms with Crippen LogP contribution in [0.15, 0.2) is 0 Å². The van der Waals surface area contributed by atoms with E-state index in [-0.39, 0.29) is 24.0 Å². The number of rotatable bonds is 13. The number of carbonyl (C=O) groups excluding carboxylic acids is 3. The minimum absolute atomic E-state index is 0.0357. The van der Waals surface area contributed by atoms with E-state index in [0.717, 1.165) is 50.7 Å². The Morgan fingerprint density at radius 2 is 1.73 bits per heavy atom. The summed E-state index contributed by atoms with van der Waals surface area (Å²) in [5.41, 5.74) is 0. The van der Waals surface area contributed by atoms with Gasteiger partial charge < -0.3 is 16.0 Å². The van der Waals surface area contributed by atoms with Crippen molar-refractivity contribution in [3.63, 3.8) is 0 Å². The van der Waals surface area contributed by atoms with Crippen LogP contribution >= 0.6 is 11.8 Å². The van der Waals surface area contributed by atoms with Gasteiger partial charge in [-0.15, -0.1) is 0 Å². The smallest absolute Gasteiger partial charge is 0.315 e. The summed E-state index contributed by atoms with van der Waals surface area (Å²) in [5, 5.41) is 9.25. The highest BCUT2D eigenvalue weighted by atomic mass is 32.2. The zero-order valence-electron chi connectivity index (χ0n) is 15.9. The minimum atomic E-state index is -0.0357.